The highest BCUT2D eigenvalue weighted by atomic mass is 16.2. The smallest absolute Gasteiger partial charge is 0.228 e. The summed E-state index contributed by atoms with van der Waals surface area (Å²) < 4.78 is 0. The molecule has 3 N–H and O–H groups in total. The van der Waals surface area contributed by atoms with Gasteiger partial charge in [0.15, 0.2) is 0 Å². The average molecular weight is 380 g/mol. The highest BCUT2D eigenvalue weighted by Gasteiger charge is 2.31. The molecule has 1 aliphatic rings. The number of benzene rings is 1. The molecule has 148 valence electrons. The summed E-state index contributed by atoms with van der Waals surface area (Å²) in [5, 5.41) is 9.12. The average Bonchev–Trinajstić information content (AvgIpc) is 2.70. The van der Waals surface area contributed by atoms with E-state index in [9.17, 15) is 9.59 Å². The number of carbonyl (C=O) groups is 2. The summed E-state index contributed by atoms with van der Waals surface area (Å²) in [6.07, 6.45) is 2.19. The number of hydrogen-bond donors (Lipinski definition) is 3. The highest BCUT2D eigenvalue weighted by Crippen LogP contribution is 2.19. The van der Waals surface area contributed by atoms with Gasteiger partial charge in [-0.15, -0.1) is 0 Å². The zero-order chi connectivity index (χ0) is 20.1. The first-order valence-electron chi connectivity index (χ1n) is 9.70. The fraction of sp³-hybridized carbons (Fsp3) is 0.409. The minimum atomic E-state index is -0.243. The number of carbonyl (C=O) groups excluding carboxylic acids is 2. The van der Waals surface area contributed by atoms with Gasteiger partial charge >= 0.3 is 0 Å². The molecule has 1 aliphatic heterocycles. The van der Waals surface area contributed by atoms with Gasteiger partial charge in [-0.05, 0) is 56.0 Å². The van der Waals surface area contributed by atoms with Crippen molar-refractivity contribution >= 4 is 17.5 Å². The molecule has 6 heteroatoms. The van der Waals surface area contributed by atoms with Gasteiger partial charge in [-0.2, -0.15) is 0 Å². The van der Waals surface area contributed by atoms with Crippen molar-refractivity contribution in [1.29, 1.82) is 0 Å². The predicted molar refractivity (Wildman–Crippen MR) is 110 cm³/mol. The van der Waals surface area contributed by atoms with Gasteiger partial charge in [0, 0.05) is 25.3 Å². The number of anilines is 1. The van der Waals surface area contributed by atoms with Crippen LogP contribution in [0.15, 0.2) is 36.5 Å². The first-order chi connectivity index (χ1) is 13.4. The van der Waals surface area contributed by atoms with Crippen molar-refractivity contribution in [2.24, 2.45) is 11.8 Å². The van der Waals surface area contributed by atoms with Crippen LogP contribution in [0.3, 0.4) is 0 Å². The molecule has 1 saturated heterocycles. The quantitative estimate of drug-likeness (QED) is 0.744. The molecule has 6 nitrogen and oxygen atoms in total. The van der Waals surface area contributed by atoms with E-state index in [2.05, 4.69) is 46.9 Å². The van der Waals surface area contributed by atoms with Crippen LogP contribution in [0.2, 0.25) is 0 Å². The Balaban J connectivity index is 1.53. The molecule has 2 aromatic rings. The summed E-state index contributed by atoms with van der Waals surface area (Å²) in [6.45, 7) is 7.71. The van der Waals surface area contributed by atoms with E-state index < -0.39 is 0 Å². The molecule has 1 aromatic heterocycles. The van der Waals surface area contributed by atoms with Crippen molar-refractivity contribution in [3.8, 4) is 0 Å². The normalized spacial score (nSPS) is 19.1. The molecule has 0 unspecified atom stereocenters. The van der Waals surface area contributed by atoms with Crippen molar-refractivity contribution < 1.29 is 9.59 Å². The molecule has 2 heterocycles. The molecule has 3 rings (SSSR count). The van der Waals surface area contributed by atoms with Crippen LogP contribution in [-0.4, -0.2) is 29.9 Å². The third kappa shape index (κ3) is 5.16. The molecule has 0 saturated carbocycles. The molecular weight excluding hydrogens is 352 g/mol. The fourth-order valence-electron chi connectivity index (χ4n) is 3.37. The van der Waals surface area contributed by atoms with Crippen molar-refractivity contribution in [3.63, 3.8) is 0 Å². The second-order valence-electron chi connectivity index (χ2n) is 7.60. The first kappa shape index (κ1) is 20.0. The molecule has 1 aromatic carbocycles. The standard InChI is InChI=1S/C22H28N4O2/c1-14-4-6-17(8-15(14)2)10-25-21(27)18-9-19(12-23-11-18)22(28)26-20-7-5-16(3)24-13-20/h4-8,13,18-19,23H,9-12H2,1-3H3,(H,25,27)(H,26,28)/t18-,19+/m1/s1. The summed E-state index contributed by atoms with van der Waals surface area (Å²) in [6, 6.07) is 9.90. The second kappa shape index (κ2) is 8.97. The van der Waals surface area contributed by atoms with Crippen molar-refractivity contribution in [3.05, 3.63) is 58.9 Å². The van der Waals surface area contributed by atoms with Gasteiger partial charge in [0.05, 0.1) is 23.7 Å². The number of piperidine rings is 1. The van der Waals surface area contributed by atoms with Crippen LogP contribution in [0.5, 0.6) is 0 Å². The summed E-state index contributed by atoms with van der Waals surface area (Å²) in [5.74, 6) is -0.551. The van der Waals surface area contributed by atoms with Crippen LogP contribution in [-0.2, 0) is 16.1 Å². The number of hydrogen-bond acceptors (Lipinski definition) is 4. The number of aryl methyl sites for hydroxylation is 3. The van der Waals surface area contributed by atoms with Crippen LogP contribution in [0.25, 0.3) is 0 Å². The first-order valence-corrected chi connectivity index (χ1v) is 9.70. The van der Waals surface area contributed by atoms with Crippen molar-refractivity contribution in [1.82, 2.24) is 15.6 Å². The Kier molecular flexibility index (Phi) is 6.41. The lowest BCUT2D eigenvalue weighted by Gasteiger charge is -2.28. The van der Waals surface area contributed by atoms with E-state index in [0.717, 1.165) is 11.3 Å². The number of pyridine rings is 1. The highest BCUT2D eigenvalue weighted by molar-refractivity contribution is 5.93. The summed E-state index contributed by atoms with van der Waals surface area (Å²) >= 11 is 0. The maximum atomic E-state index is 12.6. The van der Waals surface area contributed by atoms with Gasteiger partial charge in [-0.25, -0.2) is 0 Å². The van der Waals surface area contributed by atoms with Crippen LogP contribution in [0.4, 0.5) is 5.69 Å². The SMILES string of the molecule is Cc1ccc(NC(=O)[C@@H]2CNC[C@H](C(=O)NCc3ccc(C)c(C)c3)C2)cn1. The number of rotatable bonds is 5. The van der Waals surface area contributed by atoms with E-state index in [1.54, 1.807) is 6.20 Å². The van der Waals surface area contributed by atoms with Crippen molar-refractivity contribution in [2.75, 3.05) is 18.4 Å². The Labute approximate surface area is 166 Å². The topological polar surface area (TPSA) is 83.1 Å². The Morgan fingerprint density at radius 1 is 1.04 bits per heavy atom. The van der Waals surface area contributed by atoms with E-state index in [1.807, 2.05) is 25.1 Å². The minimum Gasteiger partial charge on any atom is -0.352 e. The summed E-state index contributed by atoms with van der Waals surface area (Å²) in [5.41, 5.74) is 5.12. The minimum absolute atomic E-state index is 0.0137. The molecular formula is C22H28N4O2. The molecule has 0 aliphatic carbocycles. The Bertz CT molecular complexity index is 848. The van der Waals surface area contributed by atoms with Gasteiger partial charge in [0.2, 0.25) is 11.8 Å². The van der Waals surface area contributed by atoms with Crippen LogP contribution in [0.1, 0.15) is 28.8 Å². The maximum absolute atomic E-state index is 12.6. The number of amides is 2. The summed E-state index contributed by atoms with van der Waals surface area (Å²) in [7, 11) is 0. The van der Waals surface area contributed by atoms with Gasteiger partial charge < -0.3 is 16.0 Å². The Hall–Kier alpha value is -2.73. The van der Waals surface area contributed by atoms with E-state index >= 15 is 0 Å². The lowest BCUT2D eigenvalue weighted by molar-refractivity contribution is -0.127. The van der Waals surface area contributed by atoms with Crippen molar-refractivity contribution in [2.45, 2.75) is 33.7 Å². The fourth-order valence-corrected chi connectivity index (χ4v) is 3.37. The third-order valence-electron chi connectivity index (χ3n) is 5.31. The second-order valence-corrected chi connectivity index (χ2v) is 7.60. The monoisotopic (exact) mass is 380 g/mol. The Morgan fingerprint density at radius 3 is 2.46 bits per heavy atom. The Morgan fingerprint density at radius 2 is 1.79 bits per heavy atom. The van der Waals surface area contributed by atoms with Crippen LogP contribution >= 0.6 is 0 Å². The molecule has 1 fully saturated rings. The lowest BCUT2D eigenvalue weighted by atomic mass is 9.89. The zero-order valence-electron chi connectivity index (χ0n) is 16.7. The van der Waals surface area contributed by atoms with Gasteiger partial charge in [0.25, 0.3) is 0 Å². The van der Waals surface area contributed by atoms with Gasteiger partial charge in [-0.1, -0.05) is 18.2 Å². The largest absolute Gasteiger partial charge is 0.352 e. The third-order valence-corrected chi connectivity index (χ3v) is 5.31. The van der Waals surface area contributed by atoms with Gasteiger partial charge in [0.1, 0.15) is 0 Å². The number of nitrogens with one attached hydrogen (secondary N) is 3. The molecule has 28 heavy (non-hydrogen) atoms. The maximum Gasteiger partial charge on any atom is 0.228 e. The van der Waals surface area contributed by atoms with E-state index in [0.29, 0.717) is 31.7 Å². The molecule has 2 atom stereocenters. The number of nitrogens with zero attached hydrogens (tertiary/aromatic N) is 1. The van der Waals surface area contributed by atoms with E-state index in [1.165, 1.54) is 11.1 Å². The lowest BCUT2D eigenvalue weighted by Crippen LogP contribution is -2.47. The number of aromatic nitrogens is 1. The van der Waals surface area contributed by atoms with Crippen LogP contribution < -0.4 is 16.0 Å². The predicted octanol–water partition coefficient (Wildman–Crippen LogP) is 2.49. The molecule has 0 spiro atoms. The zero-order valence-corrected chi connectivity index (χ0v) is 16.7. The van der Waals surface area contributed by atoms with E-state index in [-0.39, 0.29) is 23.7 Å². The molecule has 0 radical (unpaired) electrons. The van der Waals surface area contributed by atoms with E-state index in [4.69, 9.17) is 0 Å². The summed E-state index contributed by atoms with van der Waals surface area (Å²) in [4.78, 5) is 29.3. The molecule has 0 bridgehead atoms. The van der Waals surface area contributed by atoms with Gasteiger partial charge in [-0.3, -0.25) is 14.6 Å². The molecule has 2 amide bonds. The van der Waals surface area contributed by atoms with Crippen LogP contribution in [0, 0.1) is 32.6 Å².